The lowest BCUT2D eigenvalue weighted by Gasteiger charge is -2.29. The fourth-order valence-electron chi connectivity index (χ4n) is 7.84. The minimum atomic E-state index is 0.610. The van der Waals surface area contributed by atoms with E-state index in [-0.39, 0.29) is 0 Å². The molecule has 1 heterocycles. The first-order valence-corrected chi connectivity index (χ1v) is 16.6. The monoisotopic (exact) mass is 593 g/mol. The van der Waals surface area contributed by atoms with Gasteiger partial charge in [0, 0.05) is 27.7 Å². The molecule has 0 saturated heterocycles. The Morgan fingerprint density at radius 2 is 1.15 bits per heavy atom. The molecule has 2 nitrogen and oxygen atoms in total. The molecule has 0 aliphatic heterocycles. The van der Waals surface area contributed by atoms with Crippen molar-refractivity contribution in [3.63, 3.8) is 0 Å². The molecule has 1 aromatic heterocycles. The molecule has 0 bridgehead atoms. The van der Waals surface area contributed by atoms with Gasteiger partial charge in [0.15, 0.2) is 0 Å². The van der Waals surface area contributed by atoms with Crippen LogP contribution in [0.2, 0.25) is 0 Å². The maximum atomic E-state index is 6.25. The van der Waals surface area contributed by atoms with Crippen LogP contribution in [0, 0.1) is 0 Å². The average Bonchev–Trinajstić information content (AvgIpc) is 3.50. The Morgan fingerprint density at radius 3 is 2.07 bits per heavy atom. The fourth-order valence-corrected chi connectivity index (χ4v) is 7.84. The van der Waals surface area contributed by atoms with Gasteiger partial charge < -0.3 is 9.32 Å². The predicted molar refractivity (Wildman–Crippen MR) is 195 cm³/mol. The molecule has 0 spiro atoms. The zero-order chi connectivity index (χ0) is 30.5. The number of rotatable bonds is 5. The van der Waals surface area contributed by atoms with Crippen LogP contribution in [0.5, 0.6) is 0 Å². The van der Waals surface area contributed by atoms with Crippen LogP contribution in [0.3, 0.4) is 0 Å². The molecule has 46 heavy (non-hydrogen) atoms. The van der Waals surface area contributed by atoms with Crippen molar-refractivity contribution in [2.45, 2.75) is 38.0 Å². The first-order chi connectivity index (χ1) is 22.8. The van der Waals surface area contributed by atoms with Gasteiger partial charge in [-0.25, -0.2) is 0 Å². The van der Waals surface area contributed by atoms with E-state index in [1.807, 2.05) is 6.07 Å². The highest BCUT2D eigenvalue weighted by atomic mass is 16.3. The van der Waals surface area contributed by atoms with Crippen molar-refractivity contribution < 1.29 is 4.42 Å². The molecule has 1 aliphatic carbocycles. The second-order valence-corrected chi connectivity index (χ2v) is 12.7. The first kappa shape index (κ1) is 27.0. The average molecular weight is 594 g/mol. The number of hydrogen-bond donors (Lipinski definition) is 0. The van der Waals surface area contributed by atoms with E-state index in [0.717, 1.165) is 39.0 Å². The minimum absolute atomic E-state index is 0.610. The number of benzene rings is 7. The van der Waals surface area contributed by atoms with Crippen LogP contribution in [0.15, 0.2) is 150 Å². The molecule has 7 aromatic carbocycles. The second kappa shape index (κ2) is 11.2. The lowest BCUT2D eigenvalue weighted by molar-refractivity contribution is 0.445. The minimum Gasteiger partial charge on any atom is -0.456 e. The van der Waals surface area contributed by atoms with Crippen LogP contribution in [-0.2, 0) is 0 Å². The quantitative estimate of drug-likeness (QED) is 0.197. The van der Waals surface area contributed by atoms with Crippen molar-refractivity contribution in [3.8, 4) is 11.1 Å². The Hall–Kier alpha value is -5.34. The Balaban J connectivity index is 1.30. The summed E-state index contributed by atoms with van der Waals surface area (Å²) in [6.45, 7) is 0. The Morgan fingerprint density at radius 1 is 0.478 bits per heavy atom. The molecule has 9 rings (SSSR count). The summed E-state index contributed by atoms with van der Waals surface area (Å²) < 4.78 is 6.25. The summed E-state index contributed by atoms with van der Waals surface area (Å²) in [5.41, 5.74) is 9.26. The van der Waals surface area contributed by atoms with Crippen LogP contribution < -0.4 is 4.90 Å². The van der Waals surface area contributed by atoms with Gasteiger partial charge in [-0.2, -0.15) is 0 Å². The summed E-state index contributed by atoms with van der Waals surface area (Å²) in [6.07, 6.45) is 6.55. The van der Waals surface area contributed by atoms with E-state index in [1.165, 1.54) is 70.3 Å². The molecule has 0 radical (unpaired) electrons. The SMILES string of the molecule is c1ccc(N(c2ccc3ccccc3c2)c2ccc3oc4ccccc4c3c2)c(-c2cccc3cccc(C4CCCCC4)c23)c1. The molecule has 8 aromatic rings. The van der Waals surface area contributed by atoms with Crippen molar-refractivity contribution in [2.75, 3.05) is 4.90 Å². The van der Waals surface area contributed by atoms with Crippen LogP contribution in [0.4, 0.5) is 17.1 Å². The van der Waals surface area contributed by atoms with E-state index in [0.29, 0.717) is 5.92 Å². The van der Waals surface area contributed by atoms with E-state index in [1.54, 1.807) is 0 Å². The Bertz CT molecular complexity index is 2370. The Labute approximate surface area is 269 Å². The molecule has 0 amide bonds. The van der Waals surface area contributed by atoms with Gasteiger partial charge in [-0.3, -0.25) is 0 Å². The van der Waals surface area contributed by atoms with Gasteiger partial charge in [-0.1, -0.05) is 122 Å². The maximum absolute atomic E-state index is 6.25. The predicted octanol–water partition coefficient (Wildman–Crippen LogP) is 13.1. The van der Waals surface area contributed by atoms with Gasteiger partial charge in [0.2, 0.25) is 0 Å². The molecular weight excluding hydrogens is 558 g/mol. The van der Waals surface area contributed by atoms with Crippen molar-refractivity contribution in [2.24, 2.45) is 0 Å². The van der Waals surface area contributed by atoms with E-state index in [9.17, 15) is 0 Å². The largest absolute Gasteiger partial charge is 0.456 e. The van der Waals surface area contributed by atoms with E-state index in [2.05, 4.69) is 144 Å². The Kier molecular flexibility index (Phi) is 6.59. The van der Waals surface area contributed by atoms with Gasteiger partial charge in [0.1, 0.15) is 11.2 Å². The van der Waals surface area contributed by atoms with Gasteiger partial charge in [-0.05, 0) is 93.9 Å². The van der Waals surface area contributed by atoms with Crippen molar-refractivity contribution in [1.82, 2.24) is 0 Å². The zero-order valence-electron chi connectivity index (χ0n) is 25.8. The fraction of sp³-hybridized carbons (Fsp3) is 0.136. The number of nitrogens with zero attached hydrogens (tertiary/aromatic N) is 1. The molecule has 0 unspecified atom stereocenters. The molecule has 1 fully saturated rings. The van der Waals surface area contributed by atoms with Gasteiger partial charge in [0.25, 0.3) is 0 Å². The highest BCUT2D eigenvalue weighted by molar-refractivity contribution is 6.08. The molecule has 222 valence electrons. The lowest BCUT2D eigenvalue weighted by atomic mass is 9.80. The third-order valence-corrected chi connectivity index (χ3v) is 10.0. The molecule has 2 heteroatoms. The molecule has 1 aliphatic rings. The van der Waals surface area contributed by atoms with E-state index in [4.69, 9.17) is 4.42 Å². The topological polar surface area (TPSA) is 16.4 Å². The summed E-state index contributed by atoms with van der Waals surface area (Å²) in [5.74, 6) is 0.610. The normalized spacial score (nSPS) is 14.0. The van der Waals surface area contributed by atoms with Crippen LogP contribution in [-0.4, -0.2) is 0 Å². The third-order valence-electron chi connectivity index (χ3n) is 10.0. The number of para-hydroxylation sites is 2. The van der Waals surface area contributed by atoms with Crippen molar-refractivity contribution in [1.29, 1.82) is 0 Å². The zero-order valence-corrected chi connectivity index (χ0v) is 25.8. The van der Waals surface area contributed by atoms with Crippen LogP contribution >= 0.6 is 0 Å². The standard InChI is InChI=1S/C44H35NO/c1-2-13-31(14-3-1)36-20-10-16-32-17-11-21-39(44(32)36)37-18-6-8-22-41(37)45(34-25-24-30-12-4-5-15-33(30)28-34)35-26-27-43-40(29-35)38-19-7-9-23-42(38)46-43/h4-12,15-29,31H,1-3,13-14H2. The molecule has 1 saturated carbocycles. The van der Waals surface area contributed by atoms with Crippen LogP contribution in [0.1, 0.15) is 43.6 Å². The van der Waals surface area contributed by atoms with E-state index < -0.39 is 0 Å². The summed E-state index contributed by atoms with van der Waals surface area (Å²) >= 11 is 0. The highest BCUT2D eigenvalue weighted by Crippen LogP contribution is 2.46. The summed E-state index contributed by atoms with van der Waals surface area (Å²) in [5, 5.41) is 7.44. The van der Waals surface area contributed by atoms with Gasteiger partial charge in [0.05, 0.1) is 5.69 Å². The summed E-state index contributed by atoms with van der Waals surface area (Å²) in [4.78, 5) is 2.44. The number of fused-ring (bicyclic) bond motifs is 5. The van der Waals surface area contributed by atoms with E-state index >= 15 is 0 Å². The van der Waals surface area contributed by atoms with Crippen molar-refractivity contribution >= 4 is 60.5 Å². The highest BCUT2D eigenvalue weighted by Gasteiger charge is 2.23. The van der Waals surface area contributed by atoms with Gasteiger partial charge >= 0.3 is 0 Å². The van der Waals surface area contributed by atoms with Gasteiger partial charge in [-0.15, -0.1) is 0 Å². The molecular formula is C44H35NO. The number of furan rings is 1. The smallest absolute Gasteiger partial charge is 0.135 e. The van der Waals surface area contributed by atoms with Crippen LogP contribution in [0.25, 0.3) is 54.6 Å². The molecule has 0 N–H and O–H groups in total. The first-order valence-electron chi connectivity index (χ1n) is 16.6. The van der Waals surface area contributed by atoms with Crippen molar-refractivity contribution in [3.05, 3.63) is 151 Å². The number of hydrogen-bond acceptors (Lipinski definition) is 2. The number of anilines is 3. The molecule has 0 atom stereocenters. The summed E-state index contributed by atoms with van der Waals surface area (Å²) in [6, 6.07) is 53.1. The maximum Gasteiger partial charge on any atom is 0.135 e. The summed E-state index contributed by atoms with van der Waals surface area (Å²) in [7, 11) is 0. The second-order valence-electron chi connectivity index (χ2n) is 12.7. The lowest BCUT2D eigenvalue weighted by Crippen LogP contribution is -2.11. The third kappa shape index (κ3) is 4.56.